The zero-order valence-corrected chi connectivity index (χ0v) is 15.7. The minimum Gasteiger partial charge on any atom is -0.354 e. The second-order valence-electron chi connectivity index (χ2n) is 7.81. The average Bonchev–Trinajstić information content (AvgIpc) is 2.59. The molecule has 1 atom stereocenters. The maximum atomic E-state index is 12.8. The summed E-state index contributed by atoms with van der Waals surface area (Å²) in [5, 5.41) is 11.9. The third-order valence-corrected chi connectivity index (χ3v) is 5.30. The number of amides is 2. The lowest BCUT2D eigenvalue weighted by molar-refractivity contribution is -0.143. The number of hydrogen-bond donors (Lipinski definition) is 1. The summed E-state index contributed by atoms with van der Waals surface area (Å²) in [6, 6.07) is 1.87. The molecule has 2 aliphatic heterocycles. The molecule has 140 valence electrons. The molecule has 0 aromatic heterocycles. The molecule has 0 spiro atoms. The summed E-state index contributed by atoms with van der Waals surface area (Å²) in [5.74, 6) is 0.968. The van der Waals surface area contributed by atoms with E-state index in [4.69, 9.17) is 5.26 Å². The van der Waals surface area contributed by atoms with E-state index in [-0.39, 0.29) is 17.9 Å². The number of carbonyl (C=O) groups is 2. The second kappa shape index (κ2) is 9.76. The van der Waals surface area contributed by atoms with Gasteiger partial charge in [0.2, 0.25) is 11.8 Å². The molecule has 2 heterocycles. The Bertz CT molecular complexity index is 492. The van der Waals surface area contributed by atoms with Crippen LogP contribution in [-0.4, -0.2) is 60.4 Å². The first-order chi connectivity index (χ1) is 12.0. The molecular weight excluding hydrogens is 316 g/mol. The van der Waals surface area contributed by atoms with Crippen molar-refractivity contribution in [2.45, 2.75) is 58.4 Å². The number of rotatable bonds is 7. The molecule has 6 nitrogen and oxygen atoms in total. The number of piperidine rings is 2. The van der Waals surface area contributed by atoms with Crippen LogP contribution in [0.3, 0.4) is 0 Å². The molecule has 25 heavy (non-hydrogen) atoms. The number of carbonyl (C=O) groups excluding carboxylic acids is 2. The lowest BCUT2D eigenvalue weighted by Crippen LogP contribution is -2.52. The number of nitrogens with one attached hydrogen (secondary N) is 1. The summed E-state index contributed by atoms with van der Waals surface area (Å²) in [6.45, 7) is 7.92. The Hall–Kier alpha value is -1.61. The normalized spacial score (nSPS) is 21.2. The van der Waals surface area contributed by atoms with Crippen LogP contribution in [0.4, 0.5) is 0 Å². The average molecular weight is 348 g/mol. The van der Waals surface area contributed by atoms with Crippen molar-refractivity contribution in [1.29, 1.82) is 5.26 Å². The van der Waals surface area contributed by atoms with Crippen LogP contribution < -0.4 is 5.32 Å². The molecule has 2 amide bonds. The van der Waals surface area contributed by atoms with Crippen LogP contribution in [0.15, 0.2) is 0 Å². The number of hydrogen-bond acceptors (Lipinski definition) is 4. The number of nitriles is 1. The molecule has 2 fully saturated rings. The molecule has 0 aliphatic carbocycles. The van der Waals surface area contributed by atoms with E-state index < -0.39 is 0 Å². The molecule has 2 saturated heterocycles. The lowest BCUT2D eigenvalue weighted by atomic mass is 9.95. The van der Waals surface area contributed by atoms with Crippen LogP contribution in [0.1, 0.15) is 52.4 Å². The Morgan fingerprint density at radius 3 is 2.60 bits per heavy atom. The van der Waals surface area contributed by atoms with Gasteiger partial charge in [0.15, 0.2) is 0 Å². The highest BCUT2D eigenvalue weighted by atomic mass is 16.2. The summed E-state index contributed by atoms with van der Waals surface area (Å²) in [7, 11) is 0. The van der Waals surface area contributed by atoms with Gasteiger partial charge in [-0.3, -0.25) is 14.5 Å². The first kappa shape index (κ1) is 19.7. The van der Waals surface area contributed by atoms with Gasteiger partial charge in [-0.15, -0.1) is 0 Å². The summed E-state index contributed by atoms with van der Waals surface area (Å²) in [6.07, 6.45) is 5.24. The molecule has 0 aromatic rings. The molecule has 1 N–H and O–H groups in total. The molecular formula is C19H32N4O2. The van der Waals surface area contributed by atoms with Gasteiger partial charge in [0, 0.05) is 19.5 Å². The van der Waals surface area contributed by atoms with Crippen molar-refractivity contribution in [3.05, 3.63) is 0 Å². The highest BCUT2D eigenvalue weighted by Crippen LogP contribution is 2.20. The quantitative estimate of drug-likeness (QED) is 0.711. The van der Waals surface area contributed by atoms with Gasteiger partial charge in [-0.2, -0.15) is 5.26 Å². The third-order valence-electron chi connectivity index (χ3n) is 5.30. The van der Waals surface area contributed by atoms with Crippen molar-refractivity contribution in [1.82, 2.24) is 15.1 Å². The Morgan fingerprint density at radius 2 is 2.00 bits per heavy atom. The van der Waals surface area contributed by atoms with Gasteiger partial charge < -0.3 is 10.2 Å². The Balaban J connectivity index is 1.85. The summed E-state index contributed by atoms with van der Waals surface area (Å²) < 4.78 is 0. The van der Waals surface area contributed by atoms with E-state index in [1.807, 2.05) is 0 Å². The number of nitrogens with zero attached hydrogens (tertiary/aromatic N) is 3. The fourth-order valence-electron chi connectivity index (χ4n) is 3.79. The highest BCUT2D eigenvalue weighted by molar-refractivity contribution is 5.88. The van der Waals surface area contributed by atoms with Crippen LogP contribution in [0, 0.1) is 23.2 Å². The van der Waals surface area contributed by atoms with Gasteiger partial charge in [0.1, 0.15) is 6.04 Å². The van der Waals surface area contributed by atoms with Crippen molar-refractivity contribution < 1.29 is 9.59 Å². The van der Waals surface area contributed by atoms with E-state index in [1.165, 1.54) is 0 Å². The largest absolute Gasteiger partial charge is 0.354 e. The predicted molar refractivity (Wildman–Crippen MR) is 96.6 cm³/mol. The standard InChI is InChI=1S/C19H32N4O2/c1-15(2)13-17(23-9-4-3-5-18(23)24)19(25)21-14-16-6-10-22(11-7-16)12-8-20/h15-17H,3-7,9-14H2,1-2H3,(H,21,25). The Kier molecular flexibility index (Phi) is 7.70. The summed E-state index contributed by atoms with van der Waals surface area (Å²) in [5.41, 5.74) is 0. The fraction of sp³-hybridized carbons (Fsp3) is 0.842. The first-order valence-electron chi connectivity index (χ1n) is 9.67. The maximum absolute atomic E-state index is 12.8. The predicted octanol–water partition coefficient (Wildman–Crippen LogP) is 1.77. The van der Waals surface area contributed by atoms with Gasteiger partial charge in [-0.05, 0) is 57.0 Å². The van der Waals surface area contributed by atoms with E-state index in [0.717, 1.165) is 45.2 Å². The lowest BCUT2D eigenvalue weighted by Gasteiger charge is -2.35. The minimum atomic E-state index is -0.327. The van der Waals surface area contributed by atoms with E-state index in [2.05, 4.69) is 30.1 Å². The van der Waals surface area contributed by atoms with E-state index in [0.29, 0.717) is 37.9 Å². The van der Waals surface area contributed by atoms with Crippen molar-refractivity contribution in [3.63, 3.8) is 0 Å². The van der Waals surface area contributed by atoms with Gasteiger partial charge in [-0.1, -0.05) is 13.8 Å². The topological polar surface area (TPSA) is 76.4 Å². The van der Waals surface area contributed by atoms with E-state index in [9.17, 15) is 9.59 Å². The third kappa shape index (κ3) is 6.00. The zero-order chi connectivity index (χ0) is 18.2. The first-order valence-corrected chi connectivity index (χ1v) is 9.67. The molecule has 0 saturated carbocycles. The van der Waals surface area contributed by atoms with Crippen LogP contribution >= 0.6 is 0 Å². The molecule has 1 unspecified atom stereocenters. The molecule has 0 radical (unpaired) electrons. The smallest absolute Gasteiger partial charge is 0.242 e. The minimum absolute atomic E-state index is 0.00315. The fourth-order valence-corrected chi connectivity index (χ4v) is 3.79. The van der Waals surface area contributed by atoms with Crippen molar-refractivity contribution in [3.8, 4) is 6.07 Å². The summed E-state index contributed by atoms with van der Waals surface area (Å²) in [4.78, 5) is 29.0. The molecule has 2 aliphatic rings. The molecule has 6 heteroatoms. The van der Waals surface area contributed by atoms with Crippen molar-refractivity contribution >= 4 is 11.8 Å². The monoisotopic (exact) mass is 348 g/mol. The van der Waals surface area contributed by atoms with Gasteiger partial charge in [0.05, 0.1) is 12.6 Å². The van der Waals surface area contributed by atoms with Gasteiger partial charge in [0.25, 0.3) is 0 Å². The van der Waals surface area contributed by atoms with Crippen LogP contribution in [0.5, 0.6) is 0 Å². The van der Waals surface area contributed by atoms with Crippen molar-refractivity contribution in [2.75, 3.05) is 32.7 Å². The SMILES string of the molecule is CC(C)CC(C(=O)NCC1CCN(CC#N)CC1)N1CCCCC1=O. The maximum Gasteiger partial charge on any atom is 0.242 e. The Labute approximate surface area is 151 Å². The van der Waals surface area contributed by atoms with Gasteiger partial charge in [-0.25, -0.2) is 0 Å². The van der Waals surface area contributed by atoms with E-state index in [1.54, 1.807) is 4.90 Å². The molecule has 0 aromatic carbocycles. The van der Waals surface area contributed by atoms with Crippen LogP contribution in [0.2, 0.25) is 0 Å². The summed E-state index contributed by atoms with van der Waals surface area (Å²) >= 11 is 0. The molecule has 2 rings (SSSR count). The van der Waals surface area contributed by atoms with E-state index >= 15 is 0 Å². The van der Waals surface area contributed by atoms with Crippen molar-refractivity contribution in [2.24, 2.45) is 11.8 Å². The van der Waals surface area contributed by atoms with Crippen LogP contribution in [-0.2, 0) is 9.59 Å². The van der Waals surface area contributed by atoms with Crippen LogP contribution in [0.25, 0.3) is 0 Å². The number of likely N-dealkylation sites (tertiary alicyclic amines) is 2. The second-order valence-corrected chi connectivity index (χ2v) is 7.81. The zero-order valence-electron chi connectivity index (χ0n) is 15.7. The molecule has 0 bridgehead atoms. The Morgan fingerprint density at radius 1 is 1.28 bits per heavy atom. The van der Waals surface area contributed by atoms with Gasteiger partial charge >= 0.3 is 0 Å². The highest BCUT2D eigenvalue weighted by Gasteiger charge is 2.32.